The van der Waals surface area contributed by atoms with Crippen molar-refractivity contribution in [2.75, 3.05) is 18.0 Å². The third-order valence-corrected chi connectivity index (χ3v) is 4.19. The molecule has 0 saturated carbocycles. The Kier molecular flexibility index (Phi) is 6.10. The Hall–Kier alpha value is -1.31. The second kappa shape index (κ2) is 8.08. The number of rotatable bonds is 8. The summed E-state index contributed by atoms with van der Waals surface area (Å²) in [7, 11) is 0. The first kappa shape index (κ1) is 15.1. The number of fused-ring (bicyclic) bond motifs is 1. The van der Waals surface area contributed by atoms with Crippen LogP contribution in [0.3, 0.4) is 0 Å². The van der Waals surface area contributed by atoms with E-state index in [-0.39, 0.29) is 0 Å². The molecular weight excluding hydrogens is 246 g/mol. The molecular formula is C18H27NO. The average Bonchev–Trinajstić information content (AvgIpc) is 2.49. The lowest BCUT2D eigenvalue weighted by atomic mass is 10.00. The van der Waals surface area contributed by atoms with Crippen LogP contribution >= 0.6 is 0 Å². The minimum atomic E-state index is 0.302. The minimum absolute atomic E-state index is 0.302. The molecule has 0 aliphatic carbocycles. The van der Waals surface area contributed by atoms with Crippen molar-refractivity contribution < 1.29 is 4.79 Å². The molecule has 0 atom stereocenters. The van der Waals surface area contributed by atoms with Crippen molar-refractivity contribution in [2.45, 2.75) is 58.3 Å². The van der Waals surface area contributed by atoms with Crippen molar-refractivity contribution in [2.24, 2.45) is 0 Å². The number of hydrogen-bond acceptors (Lipinski definition) is 2. The average molecular weight is 273 g/mol. The van der Waals surface area contributed by atoms with E-state index in [1.54, 1.807) is 0 Å². The van der Waals surface area contributed by atoms with Gasteiger partial charge in [-0.1, -0.05) is 57.6 Å². The number of anilines is 1. The highest BCUT2D eigenvalue weighted by atomic mass is 16.1. The van der Waals surface area contributed by atoms with Gasteiger partial charge in [0.05, 0.1) is 0 Å². The maximum Gasteiger partial charge on any atom is 0.166 e. The van der Waals surface area contributed by atoms with Crippen LogP contribution in [0.1, 0.15) is 68.6 Å². The Bertz CT molecular complexity index is 427. The quantitative estimate of drug-likeness (QED) is 0.632. The minimum Gasteiger partial charge on any atom is -0.370 e. The molecule has 1 aromatic carbocycles. The standard InChI is InChI=1S/C18H27NO/c1-2-3-4-5-6-7-10-14-19-15-13-18(20)16-11-8-9-12-17(16)19/h8-9,11-12H,2-7,10,13-15H2,1H3. The second-order valence-corrected chi connectivity index (χ2v) is 5.80. The van der Waals surface area contributed by atoms with Gasteiger partial charge in [-0.05, 0) is 18.6 Å². The number of carbonyl (C=O) groups is 1. The molecule has 0 aromatic heterocycles. The highest BCUT2D eigenvalue weighted by molar-refractivity contribution is 6.03. The van der Waals surface area contributed by atoms with E-state index >= 15 is 0 Å². The van der Waals surface area contributed by atoms with E-state index in [1.807, 2.05) is 18.2 Å². The number of Topliss-reactive ketones (excluding diaryl/α,β-unsaturated/α-hetero) is 1. The second-order valence-electron chi connectivity index (χ2n) is 5.80. The van der Waals surface area contributed by atoms with Gasteiger partial charge >= 0.3 is 0 Å². The molecule has 0 bridgehead atoms. The van der Waals surface area contributed by atoms with Crippen LogP contribution in [0.15, 0.2) is 24.3 Å². The van der Waals surface area contributed by atoms with Crippen molar-refractivity contribution in [3.05, 3.63) is 29.8 Å². The van der Waals surface area contributed by atoms with Gasteiger partial charge in [-0.2, -0.15) is 0 Å². The molecule has 1 heterocycles. The number of nitrogens with zero attached hydrogens (tertiary/aromatic N) is 1. The van der Waals surface area contributed by atoms with E-state index in [0.717, 1.165) is 24.3 Å². The Labute approximate surface area is 123 Å². The molecule has 1 aliphatic rings. The lowest BCUT2D eigenvalue weighted by molar-refractivity contribution is 0.0980. The Morgan fingerprint density at radius 2 is 1.70 bits per heavy atom. The van der Waals surface area contributed by atoms with Gasteiger partial charge in [0.15, 0.2) is 5.78 Å². The molecule has 0 amide bonds. The van der Waals surface area contributed by atoms with Crippen LogP contribution in [-0.2, 0) is 0 Å². The predicted molar refractivity (Wildman–Crippen MR) is 85.6 cm³/mol. The van der Waals surface area contributed by atoms with Crippen molar-refractivity contribution in [1.82, 2.24) is 0 Å². The highest BCUT2D eigenvalue weighted by Gasteiger charge is 2.21. The number of unbranched alkanes of at least 4 members (excludes halogenated alkanes) is 6. The Balaban J connectivity index is 1.74. The zero-order valence-electron chi connectivity index (χ0n) is 12.7. The SMILES string of the molecule is CCCCCCCCCN1CCC(=O)c2ccccc21. The van der Waals surface area contributed by atoms with E-state index in [9.17, 15) is 4.79 Å². The van der Waals surface area contributed by atoms with Gasteiger partial charge in [-0.25, -0.2) is 0 Å². The summed E-state index contributed by atoms with van der Waals surface area (Å²) in [4.78, 5) is 14.3. The van der Waals surface area contributed by atoms with E-state index in [1.165, 1.54) is 44.9 Å². The first-order chi connectivity index (χ1) is 9.83. The fraction of sp³-hybridized carbons (Fsp3) is 0.611. The van der Waals surface area contributed by atoms with Gasteiger partial charge in [0.2, 0.25) is 0 Å². The zero-order chi connectivity index (χ0) is 14.2. The van der Waals surface area contributed by atoms with Gasteiger partial charge in [0.25, 0.3) is 0 Å². The summed E-state index contributed by atoms with van der Waals surface area (Å²) in [5, 5.41) is 0. The molecule has 1 aromatic rings. The molecule has 0 saturated heterocycles. The number of ketones is 1. The summed E-state index contributed by atoms with van der Waals surface area (Å²) >= 11 is 0. The van der Waals surface area contributed by atoms with Gasteiger partial charge in [-0.3, -0.25) is 4.79 Å². The Morgan fingerprint density at radius 3 is 2.50 bits per heavy atom. The van der Waals surface area contributed by atoms with Crippen LogP contribution in [0.25, 0.3) is 0 Å². The van der Waals surface area contributed by atoms with E-state index in [4.69, 9.17) is 0 Å². The molecule has 20 heavy (non-hydrogen) atoms. The summed E-state index contributed by atoms with van der Waals surface area (Å²) in [5.74, 6) is 0.302. The van der Waals surface area contributed by atoms with Crippen LogP contribution in [0.4, 0.5) is 5.69 Å². The van der Waals surface area contributed by atoms with Gasteiger partial charge in [0.1, 0.15) is 0 Å². The molecule has 0 fully saturated rings. The molecule has 2 rings (SSSR count). The first-order valence-corrected chi connectivity index (χ1v) is 8.20. The number of hydrogen-bond donors (Lipinski definition) is 0. The van der Waals surface area contributed by atoms with E-state index in [0.29, 0.717) is 12.2 Å². The van der Waals surface area contributed by atoms with Gasteiger partial charge < -0.3 is 4.90 Å². The molecule has 2 nitrogen and oxygen atoms in total. The fourth-order valence-corrected chi connectivity index (χ4v) is 2.97. The van der Waals surface area contributed by atoms with Crippen molar-refractivity contribution in [3.63, 3.8) is 0 Å². The molecule has 0 radical (unpaired) electrons. The molecule has 0 spiro atoms. The van der Waals surface area contributed by atoms with Gasteiger partial charge in [0, 0.05) is 30.8 Å². The molecule has 2 heteroatoms. The molecule has 0 unspecified atom stereocenters. The maximum absolute atomic E-state index is 11.9. The highest BCUT2D eigenvalue weighted by Crippen LogP contribution is 2.26. The number of carbonyl (C=O) groups excluding carboxylic acids is 1. The van der Waals surface area contributed by atoms with E-state index in [2.05, 4.69) is 17.9 Å². The molecule has 0 N–H and O–H groups in total. The zero-order valence-corrected chi connectivity index (χ0v) is 12.7. The van der Waals surface area contributed by atoms with Crippen molar-refractivity contribution >= 4 is 11.5 Å². The van der Waals surface area contributed by atoms with Crippen LogP contribution in [0, 0.1) is 0 Å². The van der Waals surface area contributed by atoms with Crippen LogP contribution in [-0.4, -0.2) is 18.9 Å². The fourth-order valence-electron chi connectivity index (χ4n) is 2.97. The first-order valence-electron chi connectivity index (χ1n) is 8.20. The van der Waals surface area contributed by atoms with Gasteiger partial charge in [-0.15, -0.1) is 0 Å². The van der Waals surface area contributed by atoms with Crippen molar-refractivity contribution in [1.29, 1.82) is 0 Å². The third-order valence-electron chi connectivity index (χ3n) is 4.19. The lowest BCUT2D eigenvalue weighted by Crippen LogP contribution is -2.32. The normalized spacial score (nSPS) is 14.4. The number of para-hydroxylation sites is 1. The predicted octanol–water partition coefficient (Wildman–Crippen LogP) is 4.83. The summed E-state index contributed by atoms with van der Waals surface area (Å²) < 4.78 is 0. The molecule has 1 aliphatic heterocycles. The number of benzene rings is 1. The third kappa shape index (κ3) is 4.09. The van der Waals surface area contributed by atoms with Crippen molar-refractivity contribution in [3.8, 4) is 0 Å². The van der Waals surface area contributed by atoms with Crippen LogP contribution in [0.2, 0.25) is 0 Å². The smallest absolute Gasteiger partial charge is 0.166 e. The summed E-state index contributed by atoms with van der Waals surface area (Å²) in [6.45, 7) is 4.25. The largest absolute Gasteiger partial charge is 0.370 e. The molecule has 110 valence electrons. The monoisotopic (exact) mass is 273 g/mol. The maximum atomic E-state index is 11.9. The summed E-state index contributed by atoms with van der Waals surface area (Å²) in [6.07, 6.45) is 10.0. The Morgan fingerprint density at radius 1 is 1.00 bits per heavy atom. The van der Waals surface area contributed by atoms with Crippen LogP contribution in [0.5, 0.6) is 0 Å². The summed E-state index contributed by atoms with van der Waals surface area (Å²) in [5.41, 5.74) is 2.07. The lowest BCUT2D eigenvalue weighted by Gasteiger charge is -2.30. The van der Waals surface area contributed by atoms with Crippen LogP contribution < -0.4 is 4.90 Å². The van der Waals surface area contributed by atoms with E-state index < -0.39 is 0 Å². The topological polar surface area (TPSA) is 20.3 Å². The summed E-state index contributed by atoms with van der Waals surface area (Å²) in [6, 6.07) is 8.06.